The first-order chi connectivity index (χ1) is 28.8. The minimum Gasteiger partial charge on any atom is -0.457 e. The number of furan rings is 1. The van der Waals surface area contributed by atoms with E-state index in [0.29, 0.717) is 17.5 Å². The highest BCUT2D eigenvalue weighted by Gasteiger charge is 2.26. The average molecular weight is 758 g/mol. The minimum atomic E-state index is 0.636. The lowest BCUT2D eigenvalue weighted by atomic mass is 9.57. The summed E-state index contributed by atoms with van der Waals surface area (Å²) < 4.78 is 7.06. The zero-order valence-electron chi connectivity index (χ0n) is 36.6. The van der Waals surface area contributed by atoms with Crippen LogP contribution in [0.2, 0.25) is 0 Å². The number of aromatic nitrogens is 3. The zero-order chi connectivity index (χ0) is 42.1. The average Bonchev–Trinajstić information content (AvgIpc) is 3.70. The van der Waals surface area contributed by atoms with E-state index in [4.69, 9.17) is 19.4 Å². The summed E-state index contributed by atoms with van der Waals surface area (Å²) in [5.74, 6) is 1.93. The maximum atomic E-state index is 7.06. The molecule has 9 aromatic rings. The Morgan fingerprint density at radius 2 is 0.600 bits per heavy atom. The molecule has 0 aliphatic rings. The molecule has 0 aliphatic carbocycles. The van der Waals surface area contributed by atoms with Crippen LogP contribution in [0.3, 0.4) is 0 Å². The molecule has 0 atom stereocenters. The van der Waals surface area contributed by atoms with Gasteiger partial charge in [0, 0.05) is 27.5 Å². The van der Waals surface area contributed by atoms with Crippen molar-refractivity contribution in [2.45, 2.75) is 0 Å². The molecule has 2 aromatic heterocycles. The van der Waals surface area contributed by atoms with Crippen LogP contribution in [-0.2, 0) is 0 Å². The molecule has 0 saturated carbocycles. The van der Waals surface area contributed by atoms with Gasteiger partial charge in [-0.3, -0.25) is 0 Å². The van der Waals surface area contributed by atoms with Crippen molar-refractivity contribution in [3.63, 3.8) is 0 Å². The lowest BCUT2D eigenvalue weighted by Gasteiger charge is -2.24. The number of rotatable bonds is 6. The Morgan fingerprint density at radius 1 is 0.267 bits per heavy atom. The third-order valence-corrected chi connectivity index (χ3v) is 13.6. The summed E-state index contributed by atoms with van der Waals surface area (Å²) in [7, 11) is 24.7. The maximum Gasteiger partial charge on any atom is 0.164 e. The van der Waals surface area contributed by atoms with Gasteiger partial charge in [-0.25, -0.2) is 15.0 Å². The molecule has 15 heteroatoms. The fourth-order valence-corrected chi connectivity index (χ4v) is 9.42. The lowest BCUT2D eigenvalue weighted by molar-refractivity contribution is 0.675. The Bertz CT molecular complexity index is 3060. The van der Waals surface area contributed by atoms with E-state index < -0.39 is 0 Å². The van der Waals surface area contributed by atoms with Crippen molar-refractivity contribution < 1.29 is 4.42 Å². The van der Waals surface area contributed by atoms with Crippen molar-refractivity contribution in [2.75, 3.05) is 0 Å². The number of hydrogen-bond donors (Lipinski definition) is 0. The Kier molecular flexibility index (Phi) is 10.1. The van der Waals surface area contributed by atoms with Gasteiger partial charge in [-0.2, -0.15) is 0 Å². The van der Waals surface area contributed by atoms with Crippen LogP contribution in [0.1, 0.15) is 0 Å². The van der Waals surface area contributed by atoms with E-state index in [2.05, 4.69) is 183 Å². The van der Waals surface area contributed by atoms with Crippen molar-refractivity contribution in [1.29, 1.82) is 0 Å². The van der Waals surface area contributed by atoms with Crippen LogP contribution in [-0.4, -0.2) is 101 Å². The number of hydrogen-bond acceptors (Lipinski definition) is 4. The van der Waals surface area contributed by atoms with Crippen LogP contribution in [0.25, 0.3) is 89.5 Å². The molecule has 0 saturated heterocycles. The molecule has 274 valence electrons. The van der Waals surface area contributed by atoms with Crippen molar-refractivity contribution in [3.8, 4) is 67.5 Å². The topological polar surface area (TPSA) is 51.8 Å². The van der Waals surface area contributed by atoms with Crippen LogP contribution in [0.15, 0.2) is 114 Å². The molecule has 7 aromatic carbocycles. The number of nitrogens with zero attached hydrogens (tertiary/aromatic N) is 3. The van der Waals surface area contributed by atoms with E-state index >= 15 is 0 Å². The fourth-order valence-electron chi connectivity index (χ4n) is 9.42. The predicted octanol–water partition coefficient (Wildman–Crippen LogP) is -7.38. The molecule has 0 unspecified atom stereocenters. The fraction of sp³-hybridized carbons (Fsp3) is 0. The van der Waals surface area contributed by atoms with E-state index in [0.717, 1.165) is 60.8 Å². The van der Waals surface area contributed by atoms with E-state index in [9.17, 15) is 0 Å². The van der Waals surface area contributed by atoms with Crippen LogP contribution in [0.5, 0.6) is 0 Å². The summed E-state index contributed by atoms with van der Waals surface area (Å²) in [6.07, 6.45) is 0. The second kappa shape index (κ2) is 15.3. The van der Waals surface area contributed by atoms with Gasteiger partial charge in [0.15, 0.2) is 17.5 Å². The predicted molar refractivity (Wildman–Crippen MR) is 290 cm³/mol. The van der Waals surface area contributed by atoms with E-state index in [-0.39, 0.29) is 0 Å². The molecule has 4 nitrogen and oxygen atoms in total. The molecule has 0 amide bonds. The first kappa shape index (κ1) is 39.5. The molecule has 0 fully saturated rings. The second-order valence-corrected chi connectivity index (χ2v) is 16.7. The van der Waals surface area contributed by atoms with Crippen molar-refractivity contribution in [1.82, 2.24) is 15.0 Å². The van der Waals surface area contributed by atoms with Crippen molar-refractivity contribution in [2.24, 2.45) is 0 Å². The third-order valence-electron chi connectivity index (χ3n) is 13.6. The smallest absolute Gasteiger partial charge is 0.164 e. The SMILES string of the molecule is Bc1c(B)c(B)c(-c2c(B)c(B)c3c(oc4c(B)c(B)c(-c5nc(-c6ccc(-c7ccccc7)cc6)nc(-c6ccc(-c7ccccc7)cc6)n5)c(B)c43)c2B)c(B)c1B. The molecule has 0 bridgehead atoms. The molecule has 0 aliphatic heterocycles. The van der Waals surface area contributed by atoms with Crippen LogP contribution < -0.4 is 60.1 Å². The molecular formula is C45H40B11N3O. The van der Waals surface area contributed by atoms with Gasteiger partial charge >= 0.3 is 0 Å². The number of benzene rings is 7. The second-order valence-electron chi connectivity index (χ2n) is 16.7. The highest BCUT2D eigenvalue weighted by molar-refractivity contribution is 6.71. The molecule has 9 rings (SSSR count). The van der Waals surface area contributed by atoms with Crippen molar-refractivity contribution >= 4 is 168 Å². The van der Waals surface area contributed by atoms with Gasteiger partial charge in [0.05, 0.1) is 0 Å². The maximum absolute atomic E-state index is 7.06. The summed E-state index contributed by atoms with van der Waals surface area (Å²) in [4.78, 5) is 15.8. The Morgan fingerprint density at radius 3 is 1.08 bits per heavy atom. The summed E-state index contributed by atoms with van der Waals surface area (Å²) in [5.41, 5.74) is 25.8. The summed E-state index contributed by atoms with van der Waals surface area (Å²) in [6.45, 7) is 0. The molecule has 2 heterocycles. The Labute approximate surface area is 362 Å². The summed E-state index contributed by atoms with van der Waals surface area (Å²) in [5, 5.41) is 2.30. The summed E-state index contributed by atoms with van der Waals surface area (Å²) >= 11 is 0. The van der Waals surface area contributed by atoms with Crippen LogP contribution in [0, 0.1) is 0 Å². The van der Waals surface area contributed by atoms with Gasteiger partial charge < -0.3 is 4.42 Å². The van der Waals surface area contributed by atoms with Gasteiger partial charge in [0.1, 0.15) is 97.5 Å². The van der Waals surface area contributed by atoms with E-state index in [1.54, 1.807) is 0 Å². The molecule has 0 N–H and O–H groups in total. The third kappa shape index (κ3) is 6.36. The highest BCUT2D eigenvalue weighted by Crippen LogP contribution is 2.31. The molecular weight excluding hydrogens is 717 g/mol. The molecule has 0 radical (unpaired) electrons. The Balaban J connectivity index is 1.27. The lowest BCUT2D eigenvalue weighted by Crippen LogP contribution is -2.56. The van der Waals surface area contributed by atoms with Gasteiger partial charge in [-0.1, -0.05) is 147 Å². The summed E-state index contributed by atoms with van der Waals surface area (Å²) in [6, 6.07) is 38.0. The highest BCUT2D eigenvalue weighted by atomic mass is 16.3. The minimum absolute atomic E-state index is 0.636. The van der Waals surface area contributed by atoms with Crippen LogP contribution >= 0.6 is 0 Å². The number of fused-ring (bicyclic) bond motifs is 3. The van der Waals surface area contributed by atoms with Gasteiger partial charge in [0.2, 0.25) is 0 Å². The van der Waals surface area contributed by atoms with E-state index in [1.807, 2.05) is 12.1 Å². The first-order valence-corrected chi connectivity index (χ1v) is 21.0. The first-order valence-electron chi connectivity index (χ1n) is 21.0. The molecule has 0 spiro atoms. The van der Waals surface area contributed by atoms with Gasteiger partial charge in [0.25, 0.3) is 0 Å². The van der Waals surface area contributed by atoms with Crippen molar-refractivity contribution in [3.05, 3.63) is 109 Å². The standard InChI is InChI=1S/C45H40B11N3O/c46-30-27-28-34(50)31(47)26(25-32(48)37(53)39(55)38(54)33(25)49)36(52)41(28)60-42(27)40(56)35(51)29(30)45-58-43(23-15-11-21(12-16-23)19-7-3-1-4-8-19)57-44(59-45)24-17-13-22(14-18-24)20-9-5-2-6-10-20/h1-18H,46-56H2. The monoisotopic (exact) mass is 759 g/mol. The van der Waals surface area contributed by atoms with Gasteiger partial charge in [-0.15, -0.1) is 16.4 Å². The Hall–Kier alpha value is -5.94. The quantitative estimate of drug-likeness (QED) is 0.159. The molecule has 60 heavy (non-hydrogen) atoms. The van der Waals surface area contributed by atoms with Crippen LogP contribution in [0.4, 0.5) is 0 Å². The van der Waals surface area contributed by atoms with Gasteiger partial charge in [-0.05, 0) is 38.8 Å². The largest absolute Gasteiger partial charge is 0.457 e. The normalized spacial score (nSPS) is 11.4. The zero-order valence-corrected chi connectivity index (χ0v) is 36.6. The van der Waals surface area contributed by atoms with E-state index in [1.165, 1.54) is 71.3 Å².